The van der Waals surface area contributed by atoms with Crippen molar-refractivity contribution in [3.63, 3.8) is 0 Å². The van der Waals surface area contributed by atoms with E-state index in [4.69, 9.17) is 8.22 Å². The summed E-state index contributed by atoms with van der Waals surface area (Å²) < 4.78 is 46.8. The molecule has 0 bridgehead atoms. The maximum Gasteiger partial charge on any atom is 0.212 e. The molecule has 1 aromatic carbocycles. The van der Waals surface area contributed by atoms with Crippen molar-refractivity contribution in [2.45, 2.75) is 20.6 Å². The van der Waals surface area contributed by atoms with E-state index in [1.165, 1.54) is 0 Å². The number of aromatic nitrogens is 1. The predicted octanol–water partition coefficient (Wildman–Crippen LogP) is 3.10. The zero-order chi connectivity index (χ0) is 16.7. The van der Waals surface area contributed by atoms with Crippen LogP contribution in [0, 0.1) is 20.6 Å². The zero-order valence-electron chi connectivity index (χ0n) is 15.4. The van der Waals surface area contributed by atoms with Gasteiger partial charge in [-0.1, -0.05) is 17.7 Å². The lowest BCUT2D eigenvalue weighted by Gasteiger charge is -2.06. The molecule has 0 fully saturated rings. The van der Waals surface area contributed by atoms with Gasteiger partial charge in [0.2, 0.25) is 5.69 Å². The fraction of sp³-hybridized carbons (Fsp3) is 0.267. The maximum atomic E-state index is 7.52. The van der Waals surface area contributed by atoms with Crippen LogP contribution in [0.3, 0.4) is 0 Å². The van der Waals surface area contributed by atoms with Crippen LogP contribution in [0.5, 0.6) is 0 Å². The Hall–Kier alpha value is -1.63. The van der Waals surface area contributed by atoms with E-state index in [2.05, 4.69) is 0 Å². The molecule has 0 radical (unpaired) electrons. The summed E-state index contributed by atoms with van der Waals surface area (Å²) >= 11 is 0. The van der Waals surface area contributed by atoms with E-state index in [-0.39, 0.29) is 11.1 Å². The van der Waals surface area contributed by atoms with Crippen molar-refractivity contribution in [2.24, 2.45) is 7.05 Å². The summed E-state index contributed by atoms with van der Waals surface area (Å²) in [6.07, 6.45) is 1.70. The molecule has 0 aliphatic rings. The van der Waals surface area contributed by atoms with E-state index >= 15 is 0 Å². The second-order valence-corrected chi connectivity index (χ2v) is 3.94. The Balaban J connectivity index is 2.57. The lowest BCUT2D eigenvalue weighted by molar-refractivity contribution is -0.660. The minimum Gasteiger partial charge on any atom is -0.201 e. The second kappa shape index (κ2) is 4.09. The number of hydrogen-bond donors (Lipinski definition) is 0. The number of aryl methyl sites for hydroxylation is 4. The highest BCUT2D eigenvalue weighted by atomic mass is 14.9. The number of hydrogen-bond acceptors (Lipinski definition) is 0. The highest BCUT2D eigenvalue weighted by Gasteiger charge is 2.11. The lowest BCUT2D eigenvalue weighted by Crippen LogP contribution is -2.30. The van der Waals surface area contributed by atoms with Crippen molar-refractivity contribution in [1.29, 1.82) is 0 Å². The fourth-order valence-electron chi connectivity index (χ4n) is 1.79. The average Bonchev–Trinajstić information content (AvgIpc) is 2.37. The Kier molecular flexibility index (Phi) is 1.44. The average molecular weight is 218 g/mol. The van der Waals surface area contributed by atoms with Gasteiger partial charge < -0.3 is 0 Å². The maximum absolute atomic E-state index is 7.52. The molecule has 1 nitrogen and oxygen atoms in total. The van der Waals surface area contributed by atoms with Crippen LogP contribution in [0.2, 0.25) is 0 Å². The lowest BCUT2D eigenvalue weighted by atomic mass is 10.0. The topological polar surface area (TPSA) is 3.88 Å². The van der Waals surface area contributed by atoms with Gasteiger partial charge >= 0.3 is 0 Å². The molecule has 2 aromatic rings. The first-order valence-corrected chi connectivity index (χ1v) is 5.12. The summed E-state index contributed by atoms with van der Waals surface area (Å²) in [5.41, 5.74) is 2.90. The first-order chi connectivity index (χ1) is 10.00. The van der Waals surface area contributed by atoms with E-state index in [0.29, 0.717) is 0 Å². The van der Waals surface area contributed by atoms with E-state index in [9.17, 15) is 0 Å². The van der Waals surface area contributed by atoms with E-state index < -0.39 is 13.7 Å². The highest BCUT2D eigenvalue weighted by Crippen LogP contribution is 2.21. The third-order valence-corrected chi connectivity index (χ3v) is 2.65. The molecule has 0 N–H and O–H groups in total. The quantitative estimate of drug-likeness (QED) is 0.648. The normalized spacial score (nSPS) is 17.6. The van der Waals surface area contributed by atoms with Gasteiger partial charge in [0.05, 0.1) is 0 Å². The van der Waals surface area contributed by atoms with Crippen LogP contribution >= 0.6 is 0 Å². The van der Waals surface area contributed by atoms with E-state index in [1.54, 1.807) is 36.5 Å². The first kappa shape index (κ1) is 5.62. The smallest absolute Gasteiger partial charge is 0.201 e. The van der Waals surface area contributed by atoms with Gasteiger partial charge in [0.1, 0.15) is 7.05 Å². The summed E-state index contributed by atoms with van der Waals surface area (Å²) in [6.45, 7) is -2.49. The minimum absolute atomic E-state index is 0.264. The van der Waals surface area contributed by atoms with Gasteiger partial charge in [-0.25, -0.2) is 4.57 Å². The van der Waals surface area contributed by atoms with Crippen LogP contribution in [0.4, 0.5) is 0 Å². The van der Waals surface area contributed by atoms with Crippen molar-refractivity contribution in [3.05, 3.63) is 53.2 Å². The van der Waals surface area contributed by atoms with Crippen LogP contribution < -0.4 is 4.57 Å². The summed E-state index contributed by atoms with van der Waals surface area (Å²) in [4.78, 5) is 0. The number of benzene rings is 1. The molecule has 1 aromatic heterocycles. The molecule has 0 aliphatic carbocycles. The van der Waals surface area contributed by atoms with Crippen LogP contribution in [0.25, 0.3) is 11.3 Å². The standard InChI is InChI=1S/C15H18N/c1-11-5-6-14(13(3)9-11)15-10-12(2)7-8-16(15)4/h5-10H,1-4H3/q+1/i1D3,2D3. The molecule has 1 heteroatoms. The van der Waals surface area contributed by atoms with Crippen LogP contribution in [0.1, 0.15) is 24.9 Å². The number of rotatable bonds is 1. The van der Waals surface area contributed by atoms with Gasteiger partial charge in [-0.05, 0) is 37.8 Å². The van der Waals surface area contributed by atoms with E-state index in [1.807, 2.05) is 18.5 Å². The van der Waals surface area contributed by atoms with Crippen molar-refractivity contribution in [1.82, 2.24) is 0 Å². The van der Waals surface area contributed by atoms with Crippen LogP contribution in [0.15, 0.2) is 36.5 Å². The van der Waals surface area contributed by atoms with Gasteiger partial charge in [-0.3, -0.25) is 0 Å². The first-order valence-electron chi connectivity index (χ1n) is 8.12. The third-order valence-electron chi connectivity index (χ3n) is 2.65. The Morgan fingerprint density at radius 1 is 1.06 bits per heavy atom. The fourth-order valence-corrected chi connectivity index (χ4v) is 1.79. The van der Waals surface area contributed by atoms with Gasteiger partial charge in [0.15, 0.2) is 6.20 Å². The Labute approximate surface area is 106 Å². The molecular weight excluding hydrogens is 194 g/mol. The van der Waals surface area contributed by atoms with Gasteiger partial charge in [0, 0.05) is 25.9 Å². The zero-order valence-corrected chi connectivity index (χ0v) is 9.41. The van der Waals surface area contributed by atoms with Gasteiger partial charge in [-0.15, -0.1) is 0 Å². The molecule has 1 heterocycles. The molecule has 0 aliphatic heterocycles. The van der Waals surface area contributed by atoms with Crippen molar-refractivity contribution in [2.75, 3.05) is 0 Å². The minimum atomic E-state index is -2.17. The van der Waals surface area contributed by atoms with Gasteiger partial charge in [0.25, 0.3) is 0 Å². The molecule has 0 spiro atoms. The monoisotopic (exact) mass is 218 g/mol. The third kappa shape index (κ3) is 1.99. The molecule has 2 rings (SSSR count). The van der Waals surface area contributed by atoms with Crippen LogP contribution in [-0.2, 0) is 7.05 Å². The molecule has 0 unspecified atom stereocenters. The summed E-state index contributed by atoms with van der Waals surface area (Å²) in [6, 6.07) is 8.13. The molecule has 82 valence electrons. The summed E-state index contributed by atoms with van der Waals surface area (Å²) in [5, 5.41) is 0. The van der Waals surface area contributed by atoms with Gasteiger partial charge in [-0.2, -0.15) is 0 Å². The number of nitrogens with zero attached hydrogens (tertiary/aromatic N) is 1. The molecule has 0 amide bonds. The Bertz CT molecular complexity index is 700. The van der Waals surface area contributed by atoms with Crippen molar-refractivity contribution >= 4 is 0 Å². The Morgan fingerprint density at radius 3 is 2.50 bits per heavy atom. The second-order valence-electron chi connectivity index (χ2n) is 3.94. The molecule has 16 heavy (non-hydrogen) atoms. The molecular formula is C15H18N+. The summed E-state index contributed by atoms with van der Waals surface area (Å²) in [7, 11) is 1.83. The highest BCUT2D eigenvalue weighted by molar-refractivity contribution is 5.61. The molecule has 0 saturated heterocycles. The van der Waals surface area contributed by atoms with Crippen LogP contribution in [-0.4, -0.2) is 0 Å². The van der Waals surface area contributed by atoms with Crippen molar-refractivity contribution < 1.29 is 12.8 Å². The molecule has 0 saturated carbocycles. The summed E-state index contributed by atoms with van der Waals surface area (Å²) in [5.74, 6) is 0. The SMILES string of the molecule is [2H]C([2H])([2H])c1ccc(-c2cc(C([2H])([2H])[2H])cc[n+]2C)c(C)c1. The van der Waals surface area contributed by atoms with E-state index in [0.717, 1.165) is 16.8 Å². The Morgan fingerprint density at radius 2 is 1.81 bits per heavy atom. The number of pyridine rings is 1. The van der Waals surface area contributed by atoms with Crippen molar-refractivity contribution in [3.8, 4) is 11.3 Å². The molecule has 0 atom stereocenters. The predicted molar refractivity (Wildman–Crippen MR) is 67.3 cm³/mol. The largest absolute Gasteiger partial charge is 0.212 e.